The summed E-state index contributed by atoms with van der Waals surface area (Å²) >= 11 is 0. The maximum absolute atomic E-state index is 11.9. The number of nitrogens with one attached hydrogen (secondary N) is 1. The van der Waals surface area contributed by atoms with Crippen LogP contribution in [0.4, 0.5) is 0 Å². The molecule has 1 N–H and O–H groups in total. The van der Waals surface area contributed by atoms with E-state index in [2.05, 4.69) is 24.3 Å². The number of aryl methyl sites for hydroxylation is 2. The summed E-state index contributed by atoms with van der Waals surface area (Å²) in [6.07, 6.45) is 4.34. The first-order valence-corrected chi connectivity index (χ1v) is 7.43. The minimum absolute atomic E-state index is 0.112. The van der Waals surface area contributed by atoms with Gasteiger partial charge in [0.2, 0.25) is 5.91 Å². The Labute approximate surface area is 120 Å². The molecule has 0 bridgehead atoms. The zero-order valence-corrected chi connectivity index (χ0v) is 12.6. The molecule has 0 aliphatic carbocycles. The average Bonchev–Trinajstić information content (AvgIpc) is 3.02. The summed E-state index contributed by atoms with van der Waals surface area (Å²) in [5.41, 5.74) is 1.09. The molecule has 2 rings (SSSR count). The number of hydrogen-bond donors (Lipinski definition) is 1. The van der Waals surface area contributed by atoms with E-state index >= 15 is 0 Å². The second-order valence-electron chi connectivity index (χ2n) is 5.88. The molecule has 1 fully saturated rings. The third kappa shape index (κ3) is 3.82. The van der Waals surface area contributed by atoms with Crippen molar-refractivity contribution in [1.82, 2.24) is 15.1 Å². The van der Waals surface area contributed by atoms with Crippen LogP contribution in [0.2, 0.25) is 0 Å². The fourth-order valence-corrected chi connectivity index (χ4v) is 2.83. The van der Waals surface area contributed by atoms with Gasteiger partial charge in [0.15, 0.2) is 0 Å². The highest BCUT2D eigenvalue weighted by Gasteiger charge is 2.30. The van der Waals surface area contributed by atoms with E-state index in [0.717, 1.165) is 31.7 Å². The average molecular weight is 279 g/mol. The molecule has 1 aromatic rings. The normalized spacial score (nSPS) is 22.4. The maximum Gasteiger partial charge on any atom is 0.220 e. The molecule has 0 spiro atoms. The molecule has 1 saturated heterocycles. The molecule has 0 aromatic carbocycles. The number of amides is 1. The lowest BCUT2D eigenvalue weighted by atomic mass is 9.93. The van der Waals surface area contributed by atoms with Crippen LogP contribution in [0.5, 0.6) is 0 Å². The molecule has 1 amide bonds. The zero-order valence-electron chi connectivity index (χ0n) is 12.6. The van der Waals surface area contributed by atoms with Crippen LogP contribution in [0.25, 0.3) is 0 Å². The van der Waals surface area contributed by atoms with Gasteiger partial charge < -0.3 is 10.1 Å². The van der Waals surface area contributed by atoms with E-state index in [1.54, 1.807) is 6.20 Å². The zero-order chi connectivity index (χ0) is 14.5. The molecular formula is C15H25N3O2. The number of nitrogens with zero attached hydrogens (tertiary/aromatic N) is 2. The predicted molar refractivity (Wildman–Crippen MR) is 77.2 cm³/mol. The summed E-state index contributed by atoms with van der Waals surface area (Å²) in [4.78, 5) is 11.9. The molecule has 112 valence electrons. The lowest BCUT2D eigenvalue weighted by Gasteiger charge is -2.22. The highest BCUT2D eigenvalue weighted by molar-refractivity contribution is 5.76. The standard InChI is InChI=1S/C15H25N3O2/c1-11(2)15-12(7-9-20-15)10-16-14(19)5-4-13-6-8-17-18(13)3/h6,8,11-12,15H,4-5,7,9-10H2,1-3H3,(H,16,19)/t12-,15-/m1/s1. The van der Waals surface area contributed by atoms with Crippen LogP contribution in [-0.4, -0.2) is 34.9 Å². The van der Waals surface area contributed by atoms with Gasteiger partial charge in [-0.25, -0.2) is 0 Å². The number of hydrogen-bond acceptors (Lipinski definition) is 3. The predicted octanol–water partition coefficient (Wildman–Crippen LogP) is 1.53. The summed E-state index contributed by atoms with van der Waals surface area (Å²) in [6.45, 7) is 5.89. The largest absolute Gasteiger partial charge is 0.378 e. The first-order valence-electron chi connectivity index (χ1n) is 7.43. The van der Waals surface area contributed by atoms with Gasteiger partial charge in [-0.3, -0.25) is 9.48 Å². The third-order valence-corrected chi connectivity index (χ3v) is 4.01. The van der Waals surface area contributed by atoms with E-state index in [9.17, 15) is 4.79 Å². The monoisotopic (exact) mass is 279 g/mol. The van der Waals surface area contributed by atoms with Crippen molar-refractivity contribution < 1.29 is 9.53 Å². The molecule has 1 aliphatic rings. The summed E-state index contributed by atoms with van der Waals surface area (Å²) in [7, 11) is 1.90. The van der Waals surface area contributed by atoms with Crippen molar-refractivity contribution >= 4 is 5.91 Å². The van der Waals surface area contributed by atoms with Gasteiger partial charge in [-0.05, 0) is 24.8 Å². The van der Waals surface area contributed by atoms with E-state index in [4.69, 9.17) is 4.74 Å². The molecule has 2 heterocycles. The number of ether oxygens (including phenoxy) is 1. The molecule has 20 heavy (non-hydrogen) atoms. The van der Waals surface area contributed by atoms with E-state index in [0.29, 0.717) is 18.3 Å². The number of aromatic nitrogens is 2. The highest BCUT2D eigenvalue weighted by atomic mass is 16.5. The lowest BCUT2D eigenvalue weighted by Crippen LogP contribution is -2.35. The Bertz CT molecular complexity index is 442. The third-order valence-electron chi connectivity index (χ3n) is 4.01. The van der Waals surface area contributed by atoms with Crippen LogP contribution in [0, 0.1) is 11.8 Å². The van der Waals surface area contributed by atoms with Crippen LogP contribution in [0.15, 0.2) is 12.3 Å². The van der Waals surface area contributed by atoms with E-state index in [1.165, 1.54) is 0 Å². The highest BCUT2D eigenvalue weighted by Crippen LogP contribution is 2.26. The van der Waals surface area contributed by atoms with Gasteiger partial charge in [-0.15, -0.1) is 0 Å². The first-order chi connectivity index (χ1) is 9.58. The smallest absolute Gasteiger partial charge is 0.220 e. The molecule has 0 saturated carbocycles. The number of carbonyl (C=O) groups is 1. The van der Waals surface area contributed by atoms with Crippen molar-refractivity contribution in [2.45, 2.75) is 39.2 Å². The Morgan fingerprint density at radius 3 is 3.05 bits per heavy atom. The van der Waals surface area contributed by atoms with Crippen molar-refractivity contribution in [2.24, 2.45) is 18.9 Å². The summed E-state index contributed by atoms with van der Waals surface area (Å²) in [6, 6.07) is 1.95. The Morgan fingerprint density at radius 2 is 2.40 bits per heavy atom. The topological polar surface area (TPSA) is 56.1 Å². The molecule has 1 aliphatic heterocycles. The number of rotatable bonds is 6. The second-order valence-corrected chi connectivity index (χ2v) is 5.88. The van der Waals surface area contributed by atoms with Crippen molar-refractivity contribution in [3.8, 4) is 0 Å². The Kier molecular flexibility index (Phi) is 5.17. The van der Waals surface area contributed by atoms with Gasteiger partial charge in [0, 0.05) is 44.4 Å². The second kappa shape index (κ2) is 6.88. The molecular weight excluding hydrogens is 254 g/mol. The van der Waals surface area contributed by atoms with Crippen molar-refractivity contribution in [3.05, 3.63) is 18.0 Å². The minimum Gasteiger partial charge on any atom is -0.378 e. The Hall–Kier alpha value is -1.36. The quantitative estimate of drug-likeness (QED) is 0.859. The van der Waals surface area contributed by atoms with E-state index in [1.807, 2.05) is 17.8 Å². The maximum atomic E-state index is 11.9. The fraction of sp³-hybridized carbons (Fsp3) is 0.733. The van der Waals surface area contributed by atoms with Gasteiger partial charge in [0.25, 0.3) is 0 Å². The molecule has 5 heteroatoms. The van der Waals surface area contributed by atoms with Gasteiger partial charge in [0.05, 0.1) is 6.10 Å². The first kappa shape index (κ1) is 15.0. The summed E-state index contributed by atoms with van der Waals surface area (Å²) < 4.78 is 7.54. The summed E-state index contributed by atoms with van der Waals surface area (Å²) in [5.74, 6) is 1.07. The lowest BCUT2D eigenvalue weighted by molar-refractivity contribution is -0.121. The SMILES string of the molecule is CC(C)[C@H]1OCC[C@@H]1CNC(=O)CCc1ccnn1C. The molecule has 0 radical (unpaired) electrons. The van der Waals surface area contributed by atoms with E-state index in [-0.39, 0.29) is 12.0 Å². The molecule has 0 unspecified atom stereocenters. The van der Waals surface area contributed by atoms with Crippen molar-refractivity contribution in [3.63, 3.8) is 0 Å². The Balaban J connectivity index is 1.71. The van der Waals surface area contributed by atoms with Crippen LogP contribution in [0.3, 0.4) is 0 Å². The van der Waals surface area contributed by atoms with Crippen LogP contribution >= 0.6 is 0 Å². The van der Waals surface area contributed by atoms with E-state index < -0.39 is 0 Å². The minimum atomic E-state index is 0.112. The molecule has 5 nitrogen and oxygen atoms in total. The van der Waals surface area contributed by atoms with Crippen molar-refractivity contribution in [2.75, 3.05) is 13.2 Å². The Morgan fingerprint density at radius 1 is 1.60 bits per heavy atom. The van der Waals surface area contributed by atoms with Crippen molar-refractivity contribution in [1.29, 1.82) is 0 Å². The number of carbonyl (C=O) groups excluding carboxylic acids is 1. The molecule has 1 aromatic heterocycles. The van der Waals surface area contributed by atoms with Gasteiger partial charge in [-0.1, -0.05) is 13.8 Å². The van der Waals surface area contributed by atoms with Crippen LogP contribution in [0.1, 0.15) is 32.4 Å². The van der Waals surface area contributed by atoms with Gasteiger partial charge >= 0.3 is 0 Å². The van der Waals surface area contributed by atoms with Crippen LogP contribution in [-0.2, 0) is 23.0 Å². The molecule has 2 atom stereocenters. The van der Waals surface area contributed by atoms with Gasteiger partial charge in [0.1, 0.15) is 0 Å². The summed E-state index contributed by atoms with van der Waals surface area (Å²) in [5, 5.41) is 7.14. The van der Waals surface area contributed by atoms with Gasteiger partial charge in [-0.2, -0.15) is 5.10 Å². The van der Waals surface area contributed by atoms with Crippen LogP contribution < -0.4 is 5.32 Å². The fourth-order valence-electron chi connectivity index (χ4n) is 2.83.